The molecule has 0 aliphatic heterocycles. The summed E-state index contributed by atoms with van der Waals surface area (Å²) in [6.07, 6.45) is -5.53. The molecule has 0 unspecified atom stereocenters. The summed E-state index contributed by atoms with van der Waals surface area (Å²) in [7, 11) is 1.30. The van der Waals surface area contributed by atoms with Gasteiger partial charge in [0.25, 0.3) is 5.91 Å². The second kappa shape index (κ2) is 7.07. The Bertz CT molecular complexity index is 499. The van der Waals surface area contributed by atoms with Crippen LogP contribution >= 0.6 is 0 Å². The van der Waals surface area contributed by atoms with Crippen molar-refractivity contribution in [3.8, 4) is 0 Å². The van der Waals surface area contributed by atoms with Crippen molar-refractivity contribution in [2.24, 2.45) is 0 Å². The minimum absolute atomic E-state index is 0.169. The monoisotopic (exact) mass is 305 g/mol. The molecule has 0 saturated carbocycles. The molecule has 1 rings (SSSR count). The van der Waals surface area contributed by atoms with Crippen LogP contribution in [0.5, 0.6) is 0 Å². The van der Waals surface area contributed by atoms with Crippen LogP contribution in [-0.2, 0) is 25.2 Å². The van der Waals surface area contributed by atoms with Crippen molar-refractivity contribution in [1.82, 2.24) is 0 Å². The van der Waals surface area contributed by atoms with Gasteiger partial charge in [0, 0.05) is 12.8 Å². The van der Waals surface area contributed by atoms with E-state index >= 15 is 0 Å². The molecule has 0 bridgehead atoms. The maximum Gasteiger partial charge on any atom is 0.416 e. The van der Waals surface area contributed by atoms with Crippen LogP contribution in [0.3, 0.4) is 0 Å². The molecule has 0 radical (unpaired) electrons. The van der Waals surface area contributed by atoms with Crippen molar-refractivity contribution in [1.29, 1.82) is 0 Å². The maximum atomic E-state index is 12.4. The highest BCUT2D eigenvalue weighted by Crippen LogP contribution is 2.29. The lowest BCUT2D eigenvalue weighted by atomic mass is 10.2. The minimum atomic E-state index is -4.44. The molecule has 0 aromatic heterocycles. The lowest BCUT2D eigenvalue weighted by Gasteiger charge is -2.13. The average Bonchev–Trinajstić information content (AvgIpc) is 2.38. The highest BCUT2D eigenvalue weighted by Gasteiger charge is 2.30. The maximum absolute atomic E-state index is 12.4. The van der Waals surface area contributed by atoms with Gasteiger partial charge in [0.15, 0.2) is 6.10 Å². The van der Waals surface area contributed by atoms with Crippen molar-refractivity contribution in [2.45, 2.75) is 19.2 Å². The molecule has 0 heterocycles. The van der Waals surface area contributed by atoms with Gasteiger partial charge in [-0.25, -0.2) is 4.79 Å². The fourth-order valence-corrected chi connectivity index (χ4v) is 1.39. The summed E-state index contributed by atoms with van der Waals surface area (Å²) < 4.78 is 46.4. The van der Waals surface area contributed by atoms with E-state index in [2.05, 4.69) is 10.1 Å². The third-order valence-corrected chi connectivity index (χ3v) is 2.42. The lowest BCUT2D eigenvalue weighted by molar-refractivity contribution is -0.156. The van der Waals surface area contributed by atoms with Crippen LogP contribution in [0.25, 0.3) is 0 Å². The van der Waals surface area contributed by atoms with Gasteiger partial charge in [-0.2, -0.15) is 13.2 Å². The topological polar surface area (TPSA) is 64.6 Å². The van der Waals surface area contributed by atoms with E-state index in [4.69, 9.17) is 4.74 Å². The largest absolute Gasteiger partial charge is 0.451 e. The number of methoxy groups -OCH3 is 1. The predicted octanol–water partition coefficient (Wildman–Crippen LogP) is 2.22. The number of benzene rings is 1. The molecule has 1 aromatic rings. The van der Waals surface area contributed by atoms with Gasteiger partial charge in [0.2, 0.25) is 0 Å². The molecule has 8 heteroatoms. The molecule has 1 aromatic carbocycles. The van der Waals surface area contributed by atoms with E-state index in [1.165, 1.54) is 14.0 Å². The van der Waals surface area contributed by atoms with Gasteiger partial charge >= 0.3 is 12.1 Å². The zero-order valence-corrected chi connectivity index (χ0v) is 11.4. The molecule has 21 heavy (non-hydrogen) atoms. The van der Waals surface area contributed by atoms with Crippen LogP contribution in [0.15, 0.2) is 24.3 Å². The number of anilines is 1. The summed E-state index contributed by atoms with van der Waals surface area (Å²) in [6.45, 7) is 1.05. The number of nitrogens with one attached hydrogen (secondary N) is 1. The number of amides is 1. The Kier molecular flexibility index (Phi) is 5.71. The van der Waals surface area contributed by atoms with E-state index in [9.17, 15) is 22.8 Å². The number of carbonyl (C=O) groups excluding carboxylic acids is 2. The van der Waals surface area contributed by atoms with E-state index in [1.54, 1.807) is 0 Å². The summed E-state index contributed by atoms with van der Waals surface area (Å²) in [5.41, 5.74) is -0.650. The number of hydrogen-bond acceptors (Lipinski definition) is 4. The summed E-state index contributed by atoms with van der Waals surface area (Å²) >= 11 is 0. The summed E-state index contributed by atoms with van der Waals surface area (Å²) in [5, 5.41) is 2.34. The van der Waals surface area contributed by atoms with Gasteiger partial charge in [0.1, 0.15) is 6.61 Å². The Morgan fingerprint density at radius 1 is 1.24 bits per heavy atom. The van der Waals surface area contributed by atoms with Gasteiger partial charge in [0.05, 0.1) is 5.56 Å². The molecular formula is C13H14F3NO4. The molecule has 1 N–H and O–H groups in total. The van der Waals surface area contributed by atoms with Crippen LogP contribution in [-0.4, -0.2) is 31.7 Å². The van der Waals surface area contributed by atoms with Crippen LogP contribution in [0.1, 0.15) is 12.5 Å². The zero-order valence-electron chi connectivity index (χ0n) is 11.4. The van der Waals surface area contributed by atoms with Gasteiger partial charge in [-0.15, -0.1) is 0 Å². The van der Waals surface area contributed by atoms with E-state index in [0.717, 1.165) is 24.3 Å². The van der Waals surface area contributed by atoms with Crippen molar-refractivity contribution in [2.75, 3.05) is 19.0 Å². The number of carbonyl (C=O) groups is 2. The van der Waals surface area contributed by atoms with Crippen LogP contribution in [0.4, 0.5) is 18.9 Å². The first-order valence-corrected chi connectivity index (χ1v) is 5.90. The Balaban J connectivity index is 2.60. The van der Waals surface area contributed by atoms with Gasteiger partial charge in [-0.05, 0) is 31.2 Å². The van der Waals surface area contributed by atoms with Crippen molar-refractivity contribution < 1.29 is 32.2 Å². The zero-order chi connectivity index (χ0) is 16.0. The first-order chi connectivity index (χ1) is 9.74. The first kappa shape index (κ1) is 17.0. The molecule has 0 saturated heterocycles. The summed E-state index contributed by atoms with van der Waals surface area (Å²) in [5.74, 6) is -1.37. The molecule has 1 amide bonds. The van der Waals surface area contributed by atoms with Crippen LogP contribution in [0, 0.1) is 0 Å². The number of hydrogen-bond donors (Lipinski definition) is 1. The lowest BCUT2D eigenvalue weighted by Crippen LogP contribution is -2.31. The third kappa shape index (κ3) is 5.42. The van der Waals surface area contributed by atoms with Crippen molar-refractivity contribution in [3.63, 3.8) is 0 Å². The minimum Gasteiger partial charge on any atom is -0.451 e. The number of rotatable bonds is 5. The Hall–Kier alpha value is -2.09. The van der Waals surface area contributed by atoms with E-state index in [0.29, 0.717) is 0 Å². The summed E-state index contributed by atoms with van der Waals surface area (Å²) in [4.78, 5) is 22.8. The molecule has 1 atom stereocenters. The normalized spacial score (nSPS) is 12.6. The molecule has 0 aliphatic rings. The van der Waals surface area contributed by atoms with Crippen LogP contribution in [0.2, 0.25) is 0 Å². The smallest absolute Gasteiger partial charge is 0.416 e. The van der Waals surface area contributed by atoms with Crippen molar-refractivity contribution in [3.05, 3.63) is 29.8 Å². The van der Waals surface area contributed by atoms with Gasteiger partial charge in [-0.1, -0.05) is 0 Å². The highest BCUT2D eigenvalue weighted by molar-refractivity contribution is 5.95. The Morgan fingerprint density at radius 2 is 1.81 bits per heavy atom. The third-order valence-electron chi connectivity index (χ3n) is 2.42. The second-order valence-corrected chi connectivity index (χ2v) is 4.13. The number of halogens is 3. The van der Waals surface area contributed by atoms with Crippen molar-refractivity contribution >= 4 is 17.6 Å². The highest BCUT2D eigenvalue weighted by atomic mass is 19.4. The fourth-order valence-electron chi connectivity index (χ4n) is 1.39. The first-order valence-electron chi connectivity index (χ1n) is 5.90. The predicted molar refractivity (Wildman–Crippen MR) is 67.5 cm³/mol. The molecule has 116 valence electrons. The molecule has 0 fully saturated rings. The molecule has 0 spiro atoms. The average molecular weight is 305 g/mol. The van der Waals surface area contributed by atoms with Gasteiger partial charge in [-0.3, -0.25) is 4.79 Å². The number of ether oxygens (including phenoxy) is 2. The van der Waals surface area contributed by atoms with E-state index in [1.807, 2.05) is 0 Å². The van der Waals surface area contributed by atoms with E-state index in [-0.39, 0.29) is 12.3 Å². The van der Waals surface area contributed by atoms with Crippen LogP contribution < -0.4 is 5.32 Å². The molecule has 0 aliphatic carbocycles. The number of esters is 1. The quantitative estimate of drug-likeness (QED) is 0.847. The number of alkyl halides is 3. The molecular weight excluding hydrogens is 291 g/mol. The Morgan fingerprint density at radius 3 is 2.29 bits per heavy atom. The van der Waals surface area contributed by atoms with Gasteiger partial charge < -0.3 is 14.8 Å². The standard InChI is InChI=1S/C13H14F3NO4/c1-8(21-11(18)7-20-2)12(19)17-10-5-3-9(4-6-10)13(14,15)16/h3-6,8H,7H2,1-2H3,(H,17,19)/t8-/m0/s1. The molecule has 5 nitrogen and oxygen atoms in total. The SMILES string of the molecule is COCC(=O)O[C@@H](C)C(=O)Nc1ccc(C(F)(F)F)cc1. The Labute approximate surface area is 119 Å². The van der Waals surface area contributed by atoms with E-state index < -0.39 is 29.7 Å². The second-order valence-electron chi connectivity index (χ2n) is 4.13. The fraction of sp³-hybridized carbons (Fsp3) is 0.385. The summed E-state index contributed by atoms with van der Waals surface area (Å²) in [6, 6.07) is 3.92.